The van der Waals surface area contributed by atoms with E-state index < -0.39 is 5.91 Å². The van der Waals surface area contributed by atoms with Crippen molar-refractivity contribution in [1.29, 1.82) is 0 Å². The molecule has 0 aliphatic rings. The Morgan fingerprint density at radius 1 is 1.00 bits per heavy atom. The number of hydrogen-bond donors (Lipinski definition) is 1. The molecular weight excluding hydrogens is 464 g/mol. The van der Waals surface area contributed by atoms with Crippen molar-refractivity contribution in [2.24, 2.45) is 5.73 Å². The molecule has 2 N–H and O–H groups in total. The zero-order chi connectivity index (χ0) is 24.4. The fourth-order valence-corrected chi connectivity index (χ4v) is 4.10. The van der Waals surface area contributed by atoms with Crippen LogP contribution in [0.4, 0.5) is 0 Å². The molecular formula is C27H21ClN4O3. The molecule has 174 valence electrons. The van der Waals surface area contributed by atoms with Gasteiger partial charge >= 0.3 is 0 Å². The van der Waals surface area contributed by atoms with Crippen molar-refractivity contribution in [3.8, 4) is 16.9 Å². The normalized spacial score (nSPS) is 11.0. The van der Waals surface area contributed by atoms with Gasteiger partial charge in [-0.3, -0.25) is 4.79 Å². The number of benzene rings is 3. The third-order valence-electron chi connectivity index (χ3n) is 5.76. The number of hydrogen-bond acceptors (Lipinski definition) is 4. The van der Waals surface area contributed by atoms with Crippen LogP contribution in [0.1, 0.15) is 21.7 Å². The van der Waals surface area contributed by atoms with E-state index in [-0.39, 0.29) is 6.61 Å². The molecule has 0 radical (unpaired) electrons. The second kappa shape index (κ2) is 9.48. The lowest BCUT2D eigenvalue weighted by Crippen LogP contribution is -2.23. The molecule has 0 aliphatic heterocycles. The van der Waals surface area contributed by atoms with Crippen molar-refractivity contribution >= 4 is 28.5 Å². The molecule has 5 rings (SSSR count). The highest BCUT2D eigenvalue weighted by Crippen LogP contribution is 2.27. The van der Waals surface area contributed by atoms with Crippen LogP contribution in [0.15, 0.2) is 91.3 Å². The second-order valence-corrected chi connectivity index (χ2v) is 8.44. The number of rotatable bonds is 7. The summed E-state index contributed by atoms with van der Waals surface area (Å²) < 4.78 is 8.82. The lowest BCUT2D eigenvalue weighted by atomic mass is 10.1. The Morgan fingerprint density at radius 3 is 2.46 bits per heavy atom. The standard InChI is InChI=1S/C27H21ClN4O3/c28-23-4-2-1-3-21(23)16-32-25-15-20(18-11-13-31(34)14-12-18)7-10-24(25)30-26(32)17-35-22-8-5-19(6-9-22)27(29)33/h1-15H,16-17H2,(H2,29,33). The fraction of sp³-hybridized carbons (Fsp3) is 0.0741. The Bertz CT molecular complexity index is 1510. The van der Waals surface area contributed by atoms with E-state index in [1.807, 2.05) is 36.4 Å². The number of halogens is 1. The number of nitrogens with two attached hydrogens (primary N) is 1. The van der Waals surface area contributed by atoms with E-state index in [2.05, 4.69) is 10.6 Å². The quantitative estimate of drug-likeness (QED) is 0.267. The largest absolute Gasteiger partial charge is 0.619 e. The van der Waals surface area contributed by atoms with Crippen LogP contribution in [0.25, 0.3) is 22.2 Å². The summed E-state index contributed by atoms with van der Waals surface area (Å²) >= 11 is 6.47. The van der Waals surface area contributed by atoms with Crippen LogP contribution in [0, 0.1) is 5.21 Å². The number of primary amides is 1. The number of amides is 1. The van der Waals surface area contributed by atoms with E-state index in [1.54, 1.807) is 36.4 Å². The van der Waals surface area contributed by atoms with Gasteiger partial charge in [-0.1, -0.05) is 35.9 Å². The summed E-state index contributed by atoms with van der Waals surface area (Å²) in [5, 5.41) is 12.1. The zero-order valence-electron chi connectivity index (χ0n) is 18.6. The Morgan fingerprint density at radius 2 is 1.74 bits per heavy atom. The lowest BCUT2D eigenvalue weighted by molar-refractivity contribution is -0.605. The smallest absolute Gasteiger partial charge is 0.248 e. The minimum absolute atomic E-state index is 0.214. The van der Waals surface area contributed by atoms with Gasteiger partial charge in [-0.2, -0.15) is 4.73 Å². The maximum atomic E-state index is 11.5. The summed E-state index contributed by atoms with van der Waals surface area (Å²) in [4.78, 5) is 16.1. The number of aromatic nitrogens is 3. The zero-order valence-corrected chi connectivity index (χ0v) is 19.4. The Labute approximate surface area is 206 Å². The highest BCUT2D eigenvalue weighted by atomic mass is 35.5. The first kappa shape index (κ1) is 22.4. The van der Waals surface area contributed by atoms with E-state index in [0.29, 0.717) is 22.9 Å². The van der Waals surface area contributed by atoms with Crippen LogP contribution >= 0.6 is 11.6 Å². The lowest BCUT2D eigenvalue weighted by Gasteiger charge is -2.12. The van der Waals surface area contributed by atoms with Crippen LogP contribution in [0.5, 0.6) is 5.75 Å². The fourth-order valence-electron chi connectivity index (χ4n) is 3.90. The van der Waals surface area contributed by atoms with Gasteiger partial charge in [-0.25, -0.2) is 4.98 Å². The van der Waals surface area contributed by atoms with Gasteiger partial charge < -0.3 is 20.2 Å². The minimum atomic E-state index is -0.489. The second-order valence-electron chi connectivity index (χ2n) is 8.03. The van der Waals surface area contributed by atoms with Crippen LogP contribution in [0.2, 0.25) is 5.02 Å². The maximum absolute atomic E-state index is 11.5. The summed E-state index contributed by atoms with van der Waals surface area (Å²) in [6.07, 6.45) is 2.95. The van der Waals surface area contributed by atoms with Crippen LogP contribution < -0.4 is 15.2 Å². The van der Waals surface area contributed by atoms with E-state index in [4.69, 9.17) is 27.1 Å². The molecule has 0 saturated carbocycles. The topological polar surface area (TPSA) is 97.1 Å². The van der Waals surface area contributed by atoms with Crippen molar-refractivity contribution in [2.75, 3.05) is 0 Å². The Balaban J connectivity index is 1.53. The van der Waals surface area contributed by atoms with Gasteiger partial charge in [0.1, 0.15) is 18.2 Å². The highest BCUT2D eigenvalue weighted by Gasteiger charge is 2.15. The molecule has 0 spiro atoms. The summed E-state index contributed by atoms with van der Waals surface area (Å²) in [7, 11) is 0. The molecule has 7 nitrogen and oxygen atoms in total. The molecule has 2 heterocycles. The van der Waals surface area contributed by atoms with Gasteiger partial charge in [0.2, 0.25) is 5.91 Å². The number of pyridine rings is 1. The average molecular weight is 485 g/mol. The average Bonchev–Trinajstić information content (AvgIpc) is 3.21. The molecule has 5 aromatic rings. The molecule has 0 atom stereocenters. The number of nitrogens with zero attached hydrogens (tertiary/aromatic N) is 3. The van der Waals surface area contributed by atoms with Crippen LogP contribution in [-0.4, -0.2) is 15.5 Å². The third kappa shape index (κ3) is 4.81. The van der Waals surface area contributed by atoms with E-state index in [9.17, 15) is 10.0 Å². The number of carbonyl (C=O) groups is 1. The minimum Gasteiger partial charge on any atom is -0.619 e. The SMILES string of the molecule is NC(=O)c1ccc(OCc2nc3ccc(-c4cc[n+]([O-])cc4)cc3n2Cc2ccccc2Cl)cc1. The molecule has 0 saturated heterocycles. The molecule has 0 unspecified atom stereocenters. The highest BCUT2D eigenvalue weighted by molar-refractivity contribution is 6.31. The molecule has 1 amide bonds. The first-order valence-electron chi connectivity index (χ1n) is 10.9. The van der Waals surface area contributed by atoms with Gasteiger partial charge in [0.25, 0.3) is 0 Å². The first-order valence-corrected chi connectivity index (χ1v) is 11.3. The number of carbonyl (C=O) groups excluding carboxylic acids is 1. The van der Waals surface area contributed by atoms with Crippen molar-refractivity contribution in [3.63, 3.8) is 0 Å². The van der Waals surface area contributed by atoms with Gasteiger partial charge in [0.05, 0.1) is 17.6 Å². The number of imidazole rings is 1. The van der Waals surface area contributed by atoms with Gasteiger partial charge in [0, 0.05) is 22.7 Å². The van der Waals surface area contributed by atoms with E-state index >= 15 is 0 Å². The molecule has 2 aromatic heterocycles. The van der Waals surface area contributed by atoms with E-state index in [1.165, 1.54) is 12.4 Å². The molecule has 3 aromatic carbocycles. The maximum Gasteiger partial charge on any atom is 0.248 e. The predicted molar refractivity (Wildman–Crippen MR) is 134 cm³/mol. The predicted octanol–water partition coefficient (Wildman–Crippen LogP) is 4.72. The van der Waals surface area contributed by atoms with Crippen molar-refractivity contribution < 1.29 is 14.3 Å². The van der Waals surface area contributed by atoms with Crippen LogP contribution in [-0.2, 0) is 13.2 Å². The van der Waals surface area contributed by atoms with Crippen molar-refractivity contribution in [3.05, 3.63) is 118 Å². The Kier molecular flexibility index (Phi) is 6.08. The van der Waals surface area contributed by atoms with Gasteiger partial charge in [0.15, 0.2) is 12.4 Å². The number of fused-ring (bicyclic) bond motifs is 1. The van der Waals surface area contributed by atoms with E-state index in [0.717, 1.165) is 38.3 Å². The van der Waals surface area contributed by atoms with Gasteiger partial charge in [-0.05, 0) is 59.2 Å². The molecule has 0 fully saturated rings. The van der Waals surface area contributed by atoms with Crippen molar-refractivity contribution in [2.45, 2.75) is 13.2 Å². The molecule has 0 bridgehead atoms. The number of ether oxygens (including phenoxy) is 1. The van der Waals surface area contributed by atoms with Crippen molar-refractivity contribution in [1.82, 2.24) is 9.55 Å². The van der Waals surface area contributed by atoms with Crippen LogP contribution in [0.3, 0.4) is 0 Å². The summed E-state index contributed by atoms with van der Waals surface area (Å²) in [6.45, 7) is 0.722. The molecule has 8 heteroatoms. The molecule has 0 aliphatic carbocycles. The summed E-state index contributed by atoms with van der Waals surface area (Å²) in [5.41, 5.74) is 10.3. The third-order valence-corrected chi connectivity index (χ3v) is 6.12. The Hall–Kier alpha value is -4.36. The summed E-state index contributed by atoms with van der Waals surface area (Å²) in [6, 6.07) is 23.9. The first-order chi connectivity index (χ1) is 17.0. The summed E-state index contributed by atoms with van der Waals surface area (Å²) in [5.74, 6) is 0.834. The monoisotopic (exact) mass is 484 g/mol. The van der Waals surface area contributed by atoms with Gasteiger partial charge in [-0.15, -0.1) is 0 Å². The molecule has 35 heavy (non-hydrogen) atoms.